The number of nitrogens with zero attached hydrogens (tertiary/aromatic N) is 1. The predicted molar refractivity (Wildman–Crippen MR) is 142 cm³/mol. The number of amides is 1. The summed E-state index contributed by atoms with van der Waals surface area (Å²) in [6.45, 7) is 0. The monoisotopic (exact) mass is 458 g/mol. The van der Waals surface area contributed by atoms with Crippen LogP contribution in [0.2, 0.25) is 0 Å². The van der Waals surface area contributed by atoms with Crippen LogP contribution in [-0.2, 0) is 4.79 Å². The molecule has 4 heteroatoms. The van der Waals surface area contributed by atoms with Gasteiger partial charge < -0.3 is 5.32 Å². The Kier molecular flexibility index (Phi) is 6.41. The van der Waals surface area contributed by atoms with Crippen LogP contribution in [0.4, 0.5) is 5.69 Å². The predicted octanol–water partition coefficient (Wildman–Crippen LogP) is 7.66. The zero-order valence-corrected chi connectivity index (χ0v) is 19.2. The number of aromatic nitrogens is 1. The van der Waals surface area contributed by atoms with Crippen molar-refractivity contribution < 1.29 is 4.79 Å². The van der Waals surface area contributed by atoms with Crippen molar-refractivity contribution in [2.24, 2.45) is 0 Å². The summed E-state index contributed by atoms with van der Waals surface area (Å²) in [5.74, 6) is -0.150. The number of rotatable bonds is 6. The molecular weight excluding hydrogens is 436 g/mol. The smallest absolute Gasteiger partial charge is 0.256 e. The molecule has 0 saturated carbocycles. The van der Waals surface area contributed by atoms with Gasteiger partial charge in [-0.05, 0) is 29.3 Å². The molecule has 0 aliphatic rings. The second-order valence-electron chi connectivity index (χ2n) is 7.77. The van der Waals surface area contributed by atoms with Gasteiger partial charge in [-0.1, -0.05) is 103 Å². The molecule has 0 atom stereocenters. The topological polar surface area (TPSA) is 42.0 Å². The molecule has 5 aromatic rings. The first-order valence-electron chi connectivity index (χ1n) is 11.0. The van der Waals surface area contributed by atoms with E-state index in [-0.39, 0.29) is 5.91 Å². The van der Waals surface area contributed by atoms with Crippen LogP contribution in [0.25, 0.3) is 33.5 Å². The van der Waals surface area contributed by atoms with E-state index in [4.69, 9.17) is 4.98 Å². The summed E-state index contributed by atoms with van der Waals surface area (Å²) in [6.07, 6.45) is 1.92. The minimum atomic E-state index is -0.150. The first-order chi connectivity index (χ1) is 16.8. The van der Waals surface area contributed by atoms with E-state index >= 15 is 0 Å². The van der Waals surface area contributed by atoms with Crippen molar-refractivity contribution >= 4 is 34.6 Å². The van der Waals surface area contributed by atoms with Crippen LogP contribution in [-0.4, -0.2) is 10.9 Å². The average molecular weight is 459 g/mol. The van der Waals surface area contributed by atoms with E-state index in [1.54, 1.807) is 11.3 Å². The molecule has 0 saturated heterocycles. The normalized spacial score (nSPS) is 11.2. The second kappa shape index (κ2) is 10.1. The summed E-state index contributed by atoms with van der Waals surface area (Å²) in [7, 11) is 0. The van der Waals surface area contributed by atoms with E-state index in [9.17, 15) is 4.79 Å². The zero-order valence-electron chi connectivity index (χ0n) is 18.4. The van der Waals surface area contributed by atoms with Gasteiger partial charge in [0.15, 0.2) is 0 Å². The van der Waals surface area contributed by atoms with Crippen LogP contribution in [0, 0.1) is 0 Å². The molecule has 0 aliphatic carbocycles. The lowest BCUT2D eigenvalue weighted by Crippen LogP contribution is -2.13. The molecule has 1 N–H and O–H groups in total. The summed E-state index contributed by atoms with van der Waals surface area (Å²) in [6, 6.07) is 37.6. The van der Waals surface area contributed by atoms with E-state index < -0.39 is 0 Å². The fourth-order valence-electron chi connectivity index (χ4n) is 3.66. The first kappa shape index (κ1) is 21.6. The Labute approximate surface area is 203 Å². The molecule has 0 aliphatic heterocycles. The SMILES string of the molecule is O=C(Nc1ccc(-c2csc(-c3ccccc3)n2)cc1)/C(=C\c1ccccc1)c1ccccc1. The number of carbonyl (C=O) groups excluding carboxylic acids is 1. The lowest BCUT2D eigenvalue weighted by atomic mass is 10.0. The third-order valence-corrected chi connectivity index (χ3v) is 6.29. The summed E-state index contributed by atoms with van der Waals surface area (Å²) in [5.41, 5.74) is 6.25. The van der Waals surface area contributed by atoms with E-state index in [0.717, 1.165) is 38.6 Å². The van der Waals surface area contributed by atoms with Crippen LogP contribution in [0.15, 0.2) is 121 Å². The van der Waals surface area contributed by atoms with Crippen molar-refractivity contribution in [3.05, 3.63) is 132 Å². The summed E-state index contributed by atoms with van der Waals surface area (Å²) < 4.78 is 0. The van der Waals surface area contributed by atoms with Gasteiger partial charge in [0, 0.05) is 27.8 Å². The van der Waals surface area contributed by atoms with Crippen LogP contribution in [0.3, 0.4) is 0 Å². The minimum Gasteiger partial charge on any atom is -0.322 e. The van der Waals surface area contributed by atoms with Gasteiger partial charge in [0.25, 0.3) is 5.91 Å². The van der Waals surface area contributed by atoms with Crippen LogP contribution < -0.4 is 5.32 Å². The van der Waals surface area contributed by atoms with Crippen molar-refractivity contribution in [2.75, 3.05) is 5.32 Å². The fourth-order valence-corrected chi connectivity index (χ4v) is 4.49. The van der Waals surface area contributed by atoms with Gasteiger partial charge >= 0.3 is 0 Å². The fraction of sp³-hybridized carbons (Fsp3) is 0. The number of hydrogen-bond acceptors (Lipinski definition) is 3. The maximum Gasteiger partial charge on any atom is 0.256 e. The molecular formula is C30H22N2OS. The van der Waals surface area contributed by atoms with Crippen molar-refractivity contribution in [3.63, 3.8) is 0 Å². The number of anilines is 1. The number of nitrogens with one attached hydrogen (secondary N) is 1. The highest BCUT2D eigenvalue weighted by Gasteiger charge is 2.13. The summed E-state index contributed by atoms with van der Waals surface area (Å²) in [5, 5.41) is 6.10. The van der Waals surface area contributed by atoms with Crippen molar-refractivity contribution in [1.29, 1.82) is 0 Å². The number of benzene rings is 4. The molecule has 0 unspecified atom stereocenters. The van der Waals surface area contributed by atoms with Crippen molar-refractivity contribution in [3.8, 4) is 21.8 Å². The van der Waals surface area contributed by atoms with E-state index in [1.165, 1.54) is 0 Å². The quantitative estimate of drug-likeness (QED) is 0.210. The molecule has 1 aromatic heterocycles. The molecule has 1 amide bonds. The highest BCUT2D eigenvalue weighted by atomic mass is 32.1. The maximum atomic E-state index is 13.2. The van der Waals surface area contributed by atoms with Gasteiger partial charge in [-0.2, -0.15) is 0 Å². The lowest BCUT2D eigenvalue weighted by Gasteiger charge is -2.10. The Hall–Kier alpha value is -4.28. The Morgan fingerprint density at radius 3 is 2.00 bits per heavy atom. The van der Waals surface area contributed by atoms with E-state index in [1.807, 2.05) is 109 Å². The van der Waals surface area contributed by atoms with Crippen LogP contribution >= 0.6 is 11.3 Å². The Bertz CT molecular complexity index is 1410. The van der Waals surface area contributed by atoms with Crippen molar-refractivity contribution in [2.45, 2.75) is 0 Å². The molecule has 3 nitrogen and oxygen atoms in total. The van der Waals surface area contributed by atoms with Gasteiger partial charge in [0.05, 0.1) is 5.69 Å². The molecule has 0 fully saturated rings. The van der Waals surface area contributed by atoms with Gasteiger partial charge in [0.2, 0.25) is 0 Å². The Morgan fingerprint density at radius 1 is 0.706 bits per heavy atom. The molecule has 0 bridgehead atoms. The Balaban J connectivity index is 1.36. The minimum absolute atomic E-state index is 0.150. The van der Waals surface area contributed by atoms with Crippen LogP contribution in [0.1, 0.15) is 11.1 Å². The third-order valence-electron chi connectivity index (χ3n) is 5.40. The van der Waals surface area contributed by atoms with Crippen molar-refractivity contribution in [1.82, 2.24) is 4.98 Å². The van der Waals surface area contributed by atoms with Gasteiger partial charge in [-0.25, -0.2) is 4.98 Å². The number of carbonyl (C=O) groups is 1. The van der Waals surface area contributed by atoms with Gasteiger partial charge in [-0.3, -0.25) is 4.79 Å². The highest BCUT2D eigenvalue weighted by molar-refractivity contribution is 7.13. The van der Waals surface area contributed by atoms with E-state index in [0.29, 0.717) is 5.57 Å². The van der Waals surface area contributed by atoms with Crippen LogP contribution in [0.5, 0.6) is 0 Å². The van der Waals surface area contributed by atoms with E-state index in [2.05, 4.69) is 22.8 Å². The lowest BCUT2D eigenvalue weighted by molar-refractivity contribution is -0.111. The summed E-state index contributed by atoms with van der Waals surface area (Å²) in [4.78, 5) is 18.0. The standard InChI is InChI=1S/C30H22N2OS/c33-29(27(23-12-6-2-7-13-23)20-22-10-4-1-5-11-22)31-26-18-16-24(17-19-26)28-21-34-30(32-28)25-14-8-3-9-15-25/h1-21H,(H,31,33)/b27-20-. The molecule has 5 rings (SSSR count). The second-order valence-corrected chi connectivity index (χ2v) is 8.63. The van der Waals surface area contributed by atoms with Gasteiger partial charge in [-0.15, -0.1) is 11.3 Å². The first-order valence-corrected chi connectivity index (χ1v) is 11.9. The molecule has 164 valence electrons. The third kappa shape index (κ3) is 5.03. The van der Waals surface area contributed by atoms with Gasteiger partial charge in [0.1, 0.15) is 5.01 Å². The molecule has 4 aromatic carbocycles. The molecule has 0 radical (unpaired) electrons. The highest BCUT2D eigenvalue weighted by Crippen LogP contribution is 2.29. The average Bonchev–Trinajstić information content (AvgIpc) is 3.40. The number of thiazole rings is 1. The molecule has 34 heavy (non-hydrogen) atoms. The molecule has 0 spiro atoms. The number of hydrogen-bond donors (Lipinski definition) is 1. The summed E-state index contributed by atoms with van der Waals surface area (Å²) >= 11 is 1.63. The molecule has 1 heterocycles. The maximum absolute atomic E-state index is 13.2. The zero-order chi connectivity index (χ0) is 23.2. The largest absolute Gasteiger partial charge is 0.322 e. The Morgan fingerprint density at radius 2 is 1.32 bits per heavy atom.